The van der Waals surface area contributed by atoms with Gasteiger partial charge in [0, 0.05) is 22.8 Å². The molecule has 0 spiro atoms. The second-order valence-corrected chi connectivity index (χ2v) is 7.25. The molecule has 1 saturated heterocycles. The largest absolute Gasteiger partial charge is 0.398 e. The van der Waals surface area contributed by atoms with Crippen LogP contribution in [0.1, 0.15) is 18.4 Å². The second kappa shape index (κ2) is 5.78. The molecule has 1 unspecified atom stereocenters. The van der Waals surface area contributed by atoms with Gasteiger partial charge in [-0.3, -0.25) is 0 Å². The van der Waals surface area contributed by atoms with Crippen molar-refractivity contribution in [1.29, 1.82) is 0 Å². The van der Waals surface area contributed by atoms with Gasteiger partial charge in [0.2, 0.25) is 10.0 Å². The van der Waals surface area contributed by atoms with Crippen LogP contribution in [0.3, 0.4) is 0 Å². The zero-order valence-corrected chi connectivity index (χ0v) is 13.1. The van der Waals surface area contributed by atoms with Crippen molar-refractivity contribution in [3.05, 3.63) is 22.2 Å². The van der Waals surface area contributed by atoms with E-state index in [4.69, 9.17) is 10.5 Å². The Morgan fingerprint density at radius 3 is 2.84 bits per heavy atom. The second-order valence-electron chi connectivity index (χ2n) is 4.65. The molecule has 106 valence electrons. The van der Waals surface area contributed by atoms with Crippen molar-refractivity contribution in [2.45, 2.75) is 30.7 Å². The van der Waals surface area contributed by atoms with E-state index in [0.29, 0.717) is 28.9 Å². The standard InChI is InChI=1S/C12H17BrN2O3S/c1-8-11(14)5-9(13)6-12(8)19(16,17)15-10-3-2-4-18-7-10/h5-6,10,15H,2-4,7,14H2,1H3. The molecule has 1 atom stereocenters. The molecule has 3 N–H and O–H groups in total. The first-order valence-corrected chi connectivity index (χ1v) is 8.33. The molecule has 0 radical (unpaired) electrons. The summed E-state index contributed by atoms with van der Waals surface area (Å²) in [5.41, 5.74) is 6.82. The molecule has 2 rings (SSSR count). The number of hydrogen-bond acceptors (Lipinski definition) is 4. The Hall–Kier alpha value is -0.630. The summed E-state index contributed by atoms with van der Waals surface area (Å²) in [7, 11) is -3.58. The predicted molar refractivity (Wildman–Crippen MR) is 77.5 cm³/mol. The van der Waals surface area contributed by atoms with Gasteiger partial charge in [-0.25, -0.2) is 13.1 Å². The van der Waals surface area contributed by atoms with Gasteiger partial charge in [0.1, 0.15) is 0 Å². The molecule has 1 heterocycles. The van der Waals surface area contributed by atoms with Crippen LogP contribution in [0.5, 0.6) is 0 Å². The monoisotopic (exact) mass is 348 g/mol. The number of halogens is 1. The quantitative estimate of drug-likeness (QED) is 0.816. The lowest BCUT2D eigenvalue weighted by Gasteiger charge is -2.23. The number of benzene rings is 1. The lowest BCUT2D eigenvalue weighted by Crippen LogP contribution is -2.40. The zero-order valence-electron chi connectivity index (χ0n) is 10.6. The molecule has 19 heavy (non-hydrogen) atoms. The third-order valence-corrected chi connectivity index (χ3v) is 5.24. The molecule has 1 aliphatic rings. The smallest absolute Gasteiger partial charge is 0.241 e. The van der Waals surface area contributed by atoms with Crippen molar-refractivity contribution in [1.82, 2.24) is 4.72 Å². The number of ether oxygens (including phenoxy) is 1. The molecule has 1 fully saturated rings. The van der Waals surface area contributed by atoms with Crippen molar-refractivity contribution in [2.24, 2.45) is 0 Å². The van der Waals surface area contributed by atoms with Crippen LogP contribution in [-0.2, 0) is 14.8 Å². The molecule has 1 aromatic rings. The van der Waals surface area contributed by atoms with E-state index < -0.39 is 10.0 Å². The fourth-order valence-corrected chi connectivity index (χ4v) is 4.25. The van der Waals surface area contributed by atoms with Crippen molar-refractivity contribution < 1.29 is 13.2 Å². The van der Waals surface area contributed by atoms with E-state index in [-0.39, 0.29) is 10.9 Å². The average Bonchev–Trinajstić information content (AvgIpc) is 2.34. The normalized spacial score (nSPS) is 20.4. The zero-order chi connectivity index (χ0) is 14.0. The Balaban J connectivity index is 2.28. The lowest BCUT2D eigenvalue weighted by atomic mass is 10.1. The van der Waals surface area contributed by atoms with Crippen molar-refractivity contribution in [3.8, 4) is 0 Å². The predicted octanol–water partition coefficient (Wildman–Crippen LogP) is 1.80. The minimum absolute atomic E-state index is 0.168. The Morgan fingerprint density at radius 2 is 2.21 bits per heavy atom. The minimum atomic E-state index is -3.58. The Morgan fingerprint density at radius 1 is 1.47 bits per heavy atom. The maximum atomic E-state index is 12.4. The first-order valence-electron chi connectivity index (χ1n) is 6.06. The fourth-order valence-electron chi connectivity index (χ4n) is 2.07. The SMILES string of the molecule is Cc1c(N)cc(Br)cc1S(=O)(=O)NC1CCCOC1. The lowest BCUT2D eigenvalue weighted by molar-refractivity contribution is 0.0774. The van der Waals surface area contributed by atoms with Crippen LogP contribution in [0.25, 0.3) is 0 Å². The van der Waals surface area contributed by atoms with Gasteiger partial charge in [0.25, 0.3) is 0 Å². The summed E-state index contributed by atoms with van der Waals surface area (Å²) < 4.78 is 33.4. The van der Waals surface area contributed by atoms with E-state index in [9.17, 15) is 8.42 Å². The first kappa shape index (κ1) is 14.8. The minimum Gasteiger partial charge on any atom is -0.398 e. The highest BCUT2D eigenvalue weighted by atomic mass is 79.9. The molecule has 1 aromatic carbocycles. The summed E-state index contributed by atoms with van der Waals surface area (Å²) in [6.07, 6.45) is 1.66. The summed E-state index contributed by atoms with van der Waals surface area (Å²) in [6, 6.07) is 3.09. The number of nitrogen functional groups attached to an aromatic ring is 1. The number of anilines is 1. The summed E-state index contributed by atoms with van der Waals surface area (Å²) >= 11 is 3.27. The van der Waals surface area contributed by atoms with Crippen molar-refractivity contribution in [3.63, 3.8) is 0 Å². The van der Waals surface area contributed by atoms with E-state index in [1.54, 1.807) is 19.1 Å². The first-order chi connectivity index (χ1) is 8.90. The van der Waals surface area contributed by atoms with Crippen LogP contribution in [-0.4, -0.2) is 27.7 Å². The molecule has 0 aliphatic carbocycles. The van der Waals surface area contributed by atoms with Gasteiger partial charge in [0.15, 0.2) is 0 Å². The van der Waals surface area contributed by atoms with Crippen LogP contribution in [0.2, 0.25) is 0 Å². The van der Waals surface area contributed by atoms with Gasteiger partial charge in [-0.15, -0.1) is 0 Å². The molecule has 0 aromatic heterocycles. The number of rotatable bonds is 3. The van der Waals surface area contributed by atoms with Crippen LogP contribution >= 0.6 is 15.9 Å². The van der Waals surface area contributed by atoms with E-state index in [1.807, 2.05) is 0 Å². The molecule has 0 saturated carbocycles. The van der Waals surface area contributed by atoms with Gasteiger partial charge in [-0.2, -0.15) is 0 Å². The van der Waals surface area contributed by atoms with Gasteiger partial charge >= 0.3 is 0 Å². The Labute approximate surface area is 121 Å². The Kier molecular flexibility index (Phi) is 4.50. The summed E-state index contributed by atoms with van der Waals surface area (Å²) in [5, 5.41) is 0. The number of nitrogens with one attached hydrogen (secondary N) is 1. The highest BCUT2D eigenvalue weighted by Gasteiger charge is 2.24. The summed E-state index contributed by atoms with van der Waals surface area (Å²) in [6.45, 7) is 2.82. The van der Waals surface area contributed by atoms with Gasteiger partial charge < -0.3 is 10.5 Å². The number of nitrogens with two attached hydrogens (primary N) is 1. The number of sulfonamides is 1. The molecular weight excluding hydrogens is 332 g/mol. The third kappa shape index (κ3) is 3.47. The van der Waals surface area contributed by atoms with E-state index >= 15 is 0 Å². The molecule has 0 amide bonds. The molecular formula is C12H17BrN2O3S. The maximum absolute atomic E-state index is 12.4. The summed E-state index contributed by atoms with van der Waals surface area (Å²) in [4.78, 5) is 0.213. The van der Waals surface area contributed by atoms with Crippen LogP contribution in [0.4, 0.5) is 5.69 Å². The Bertz CT molecular complexity index is 569. The fraction of sp³-hybridized carbons (Fsp3) is 0.500. The average molecular weight is 349 g/mol. The topological polar surface area (TPSA) is 81.4 Å². The molecule has 5 nitrogen and oxygen atoms in total. The van der Waals surface area contributed by atoms with E-state index in [1.165, 1.54) is 0 Å². The molecule has 1 aliphatic heterocycles. The molecule has 7 heteroatoms. The van der Waals surface area contributed by atoms with E-state index in [2.05, 4.69) is 20.7 Å². The van der Waals surface area contributed by atoms with Gasteiger partial charge in [-0.05, 0) is 37.5 Å². The van der Waals surface area contributed by atoms with E-state index in [0.717, 1.165) is 12.8 Å². The van der Waals surface area contributed by atoms with Gasteiger partial charge in [-0.1, -0.05) is 15.9 Å². The molecule has 0 bridgehead atoms. The van der Waals surface area contributed by atoms with Crippen LogP contribution in [0, 0.1) is 6.92 Å². The van der Waals surface area contributed by atoms with Crippen LogP contribution < -0.4 is 10.5 Å². The number of hydrogen-bond donors (Lipinski definition) is 2. The highest BCUT2D eigenvalue weighted by Crippen LogP contribution is 2.26. The van der Waals surface area contributed by atoms with Gasteiger partial charge in [0.05, 0.1) is 11.5 Å². The highest BCUT2D eigenvalue weighted by molar-refractivity contribution is 9.10. The third-order valence-electron chi connectivity index (χ3n) is 3.14. The van der Waals surface area contributed by atoms with Crippen molar-refractivity contribution in [2.75, 3.05) is 18.9 Å². The van der Waals surface area contributed by atoms with Crippen LogP contribution in [0.15, 0.2) is 21.5 Å². The summed E-state index contributed by atoms with van der Waals surface area (Å²) in [5.74, 6) is 0. The van der Waals surface area contributed by atoms with Crippen molar-refractivity contribution >= 4 is 31.6 Å². The maximum Gasteiger partial charge on any atom is 0.241 e.